The van der Waals surface area contributed by atoms with E-state index in [2.05, 4.69) is 28.5 Å². The highest BCUT2D eigenvalue weighted by Crippen LogP contribution is 2.35. The molecule has 1 aromatic heterocycles. The number of aliphatic hydroxyl groups is 1. The summed E-state index contributed by atoms with van der Waals surface area (Å²) >= 11 is 1.75. The Bertz CT molecular complexity index is 626. The molecule has 0 amide bonds. The van der Waals surface area contributed by atoms with Crippen molar-refractivity contribution in [1.82, 2.24) is 0 Å². The predicted molar refractivity (Wildman–Crippen MR) is 80.6 cm³/mol. The van der Waals surface area contributed by atoms with Crippen molar-refractivity contribution >= 4 is 17.0 Å². The van der Waals surface area contributed by atoms with Crippen molar-refractivity contribution in [2.45, 2.75) is 32.0 Å². The first-order chi connectivity index (χ1) is 9.81. The predicted octanol–water partition coefficient (Wildman–Crippen LogP) is 3.28. The van der Waals surface area contributed by atoms with Gasteiger partial charge in [-0.05, 0) is 42.0 Å². The Kier molecular flexibility index (Phi) is 3.72. The number of nitriles is 1. The van der Waals surface area contributed by atoms with E-state index in [0.29, 0.717) is 11.6 Å². The molecule has 1 aliphatic carbocycles. The lowest BCUT2D eigenvalue weighted by Gasteiger charge is -2.25. The fraction of sp³-hybridized carbons (Fsp3) is 0.312. The van der Waals surface area contributed by atoms with Crippen molar-refractivity contribution < 1.29 is 5.11 Å². The van der Waals surface area contributed by atoms with Crippen LogP contribution in [0.2, 0.25) is 0 Å². The van der Waals surface area contributed by atoms with Gasteiger partial charge in [0.25, 0.3) is 0 Å². The van der Waals surface area contributed by atoms with Crippen LogP contribution in [0.3, 0.4) is 0 Å². The molecule has 0 atom stereocenters. The molecule has 3 nitrogen and oxygen atoms in total. The maximum Gasteiger partial charge on any atom is 0.101 e. The van der Waals surface area contributed by atoms with Crippen LogP contribution in [-0.2, 0) is 13.2 Å². The van der Waals surface area contributed by atoms with Crippen LogP contribution in [0.5, 0.6) is 0 Å². The first kappa shape index (κ1) is 13.2. The summed E-state index contributed by atoms with van der Waals surface area (Å²) in [4.78, 5) is 3.64. The van der Waals surface area contributed by atoms with Gasteiger partial charge in [0.1, 0.15) is 6.07 Å². The highest BCUT2D eigenvalue weighted by molar-refractivity contribution is 7.09. The van der Waals surface area contributed by atoms with Gasteiger partial charge in [0, 0.05) is 10.9 Å². The Labute approximate surface area is 122 Å². The second kappa shape index (κ2) is 5.66. The van der Waals surface area contributed by atoms with Crippen LogP contribution >= 0.6 is 11.3 Å². The maximum absolute atomic E-state index is 9.36. The van der Waals surface area contributed by atoms with Gasteiger partial charge in [-0.1, -0.05) is 12.1 Å². The largest absolute Gasteiger partial charge is 0.392 e. The maximum atomic E-state index is 9.36. The molecule has 3 rings (SSSR count). The summed E-state index contributed by atoms with van der Waals surface area (Å²) < 4.78 is 0. The van der Waals surface area contributed by atoms with Gasteiger partial charge < -0.3 is 10.0 Å². The molecule has 2 aromatic rings. The number of anilines is 1. The average Bonchev–Trinajstić information content (AvgIpc) is 3.21. The van der Waals surface area contributed by atoms with E-state index in [4.69, 9.17) is 0 Å². The van der Waals surface area contributed by atoms with Gasteiger partial charge in [-0.15, -0.1) is 11.3 Å². The number of aliphatic hydroxyl groups excluding tert-OH is 1. The van der Waals surface area contributed by atoms with Crippen LogP contribution < -0.4 is 4.90 Å². The number of thiophene rings is 1. The van der Waals surface area contributed by atoms with Gasteiger partial charge >= 0.3 is 0 Å². The number of rotatable bonds is 5. The summed E-state index contributed by atoms with van der Waals surface area (Å²) in [6.45, 7) is 0.832. The van der Waals surface area contributed by atoms with Crippen molar-refractivity contribution in [3.05, 3.63) is 51.7 Å². The van der Waals surface area contributed by atoms with E-state index < -0.39 is 0 Å². The Morgan fingerprint density at radius 3 is 2.80 bits per heavy atom. The minimum Gasteiger partial charge on any atom is -0.392 e. The van der Waals surface area contributed by atoms with Crippen LogP contribution in [-0.4, -0.2) is 11.1 Å². The Morgan fingerprint density at radius 2 is 2.20 bits per heavy atom. The molecule has 0 saturated heterocycles. The third-order valence-electron chi connectivity index (χ3n) is 3.57. The summed E-state index contributed by atoms with van der Waals surface area (Å²) in [6, 6.07) is 12.7. The van der Waals surface area contributed by atoms with Crippen molar-refractivity contribution in [2.24, 2.45) is 0 Å². The minimum absolute atomic E-state index is 0.0245. The van der Waals surface area contributed by atoms with E-state index in [9.17, 15) is 10.4 Å². The Morgan fingerprint density at radius 1 is 1.35 bits per heavy atom. The molecular weight excluding hydrogens is 268 g/mol. The highest BCUT2D eigenvalue weighted by atomic mass is 32.1. The molecule has 4 heteroatoms. The van der Waals surface area contributed by atoms with Crippen LogP contribution in [0.1, 0.15) is 28.8 Å². The number of hydrogen-bond acceptors (Lipinski definition) is 4. The molecule has 0 radical (unpaired) electrons. The SMILES string of the molecule is N#Cc1cc(CO)ccc1N(Cc1cccs1)C1CC1. The molecule has 20 heavy (non-hydrogen) atoms. The van der Waals surface area contributed by atoms with E-state index in [0.717, 1.165) is 17.8 Å². The lowest BCUT2D eigenvalue weighted by atomic mass is 10.1. The van der Waals surface area contributed by atoms with E-state index in [-0.39, 0.29) is 6.61 Å². The van der Waals surface area contributed by atoms with E-state index in [1.807, 2.05) is 12.1 Å². The fourth-order valence-corrected chi connectivity index (χ4v) is 3.09. The Balaban J connectivity index is 1.93. The van der Waals surface area contributed by atoms with Gasteiger partial charge in [0.2, 0.25) is 0 Å². The summed E-state index contributed by atoms with van der Waals surface area (Å²) in [5.74, 6) is 0. The molecule has 0 aliphatic heterocycles. The normalized spacial score (nSPS) is 14.0. The molecular formula is C16H16N2OS. The monoisotopic (exact) mass is 284 g/mol. The first-order valence-electron chi connectivity index (χ1n) is 6.74. The zero-order valence-electron chi connectivity index (χ0n) is 11.1. The smallest absolute Gasteiger partial charge is 0.101 e. The lowest BCUT2D eigenvalue weighted by Crippen LogP contribution is -2.25. The molecule has 102 valence electrons. The topological polar surface area (TPSA) is 47.3 Å². The van der Waals surface area contributed by atoms with E-state index in [1.54, 1.807) is 17.4 Å². The zero-order valence-corrected chi connectivity index (χ0v) is 11.9. The van der Waals surface area contributed by atoms with Gasteiger partial charge in [-0.25, -0.2) is 0 Å². The second-order valence-electron chi connectivity index (χ2n) is 5.06. The molecule has 1 fully saturated rings. The third-order valence-corrected chi connectivity index (χ3v) is 4.43. The van der Waals surface area contributed by atoms with Crippen molar-refractivity contribution in [3.8, 4) is 6.07 Å². The summed E-state index contributed by atoms with van der Waals surface area (Å²) in [5, 5.41) is 20.6. The number of nitrogens with zero attached hydrogens (tertiary/aromatic N) is 2. The second-order valence-corrected chi connectivity index (χ2v) is 6.09. The van der Waals surface area contributed by atoms with Crippen LogP contribution in [0, 0.1) is 11.3 Å². The minimum atomic E-state index is -0.0245. The molecule has 1 aromatic carbocycles. The van der Waals surface area contributed by atoms with Gasteiger partial charge in [0.05, 0.1) is 24.4 Å². The average molecular weight is 284 g/mol. The molecule has 1 N–H and O–H groups in total. The van der Waals surface area contributed by atoms with Crippen LogP contribution in [0.15, 0.2) is 35.7 Å². The van der Waals surface area contributed by atoms with Crippen LogP contribution in [0.25, 0.3) is 0 Å². The van der Waals surface area contributed by atoms with Gasteiger partial charge in [-0.3, -0.25) is 0 Å². The lowest BCUT2D eigenvalue weighted by molar-refractivity contribution is 0.282. The highest BCUT2D eigenvalue weighted by Gasteiger charge is 2.30. The van der Waals surface area contributed by atoms with Gasteiger partial charge in [-0.2, -0.15) is 5.26 Å². The molecule has 1 aliphatic rings. The standard InChI is InChI=1S/C16H16N2OS/c17-9-13-8-12(11-19)3-6-16(13)18(14-4-5-14)10-15-2-1-7-20-15/h1-3,6-8,14,19H,4-5,10-11H2. The summed E-state index contributed by atoms with van der Waals surface area (Å²) in [7, 11) is 0. The van der Waals surface area contributed by atoms with Crippen molar-refractivity contribution in [3.63, 3.8) is 0 Å². The third kappa shape index (κ3) is 2.69. The quantitative estimate of drug-likeness (QED) is 0.916. The van der Waals surface area contributed by atoms with Crippen LogP contribution in [0.4, 0.5) is 5.69 Å². The fourth-order valence-electron chi connectivity index (χ4n) is 2.39. The Hall–Kier alpha value is -1.83. The van der Waals surface area contributed by atoms with Gasteiger partial charge in [0.15, 0.2) is 0 Å². The number of hydrogen-bond donors (Lipinski definition) is 1. The summed E-state index contributed by atoms with van der Waals surface area (Å²) in [5.41, 5.74) is 2.43. The van der Waals surface area contributed by atoms with E-state index >= 15 is 0 Å². The summed E-state index contributed by atoms with van der Waals surface area (Å²) in [6.07, 6.45) is 2.38. The molecule has 0 spiro atoms. The molecule has 0 bridgehead atoms. The van der Waals surface area contributed by atoms with E-state index in [1.165, 1.54) is 17.7 Å². The molecule has 0 unspecified atom stereocenters. The number of benzene rings is 1. The molecule has 1 saturated carbocycles. The van der Waals surface area contributed by atoms with Crippen molar-refractivity contribution in [1.29, 1.82) is 5.26 Å². The van der Waals surface area contributed by atoms with Crippen molar-refractivity contribution in [2.75, 3.05) is 4.90 Å². The first-order valence-corrected chi connectivity index (χ1v) is 7.62. The molecule has 1 heterocycles. The zero-order chi connectivity index (χ0) is 13.9.